The quantitative estimate of drug-likeness (QED) is 0.852. The molecule has 0 heterocycles. The summed E-state index contributed by atoms with van der Waals surface area (Å²) in [7, 11) is 1.58. The smallest absolute Gasteiger partial charge is 0.157 e. The minimum absolute atomic E-state index is 0.130. The van der Waals surface area contributed by atoms with Crippen LogP contribution in [0.25, 0.3) is 0 Å². The Morgan fingerprint density at radius 3 is 2.77 bits per heavy atom. The standard InChI is InChI=1S/C8H9BrO3S/c1-12-7-3-2-6(5-13(10)11)8(9)4-7/h2-4H,5H2,1H3,(H,10,11). The maximum absolute atomic E-state index is 10.5. The lowest BCUT2D eigenvalue weighted by Gasteiger charge is -2.04. The topological polar surface area (TPSA) is 46.5 Å². The zero-order valence-electron chi connectivity index (χ0n) is 6.99. The molecule has 0 aliphatic heterocycles. The van der Waals surface area contributed by atoms with Crippen LogP contribution in [0, 0.1) is 0 Å². The highest BCUT2D eigenvalue weighted by Crippen LogP contribution is 2.23. The SMILES string of the molecule is COc1ccc(CS(=O)O)c(Br)c1. The van der Waals surface area contributed by atoms with Crippen molar-refractivity contribution >= 4 is 27.0 Å². The fourth-order valence-corrected chi connectivity index (χ4v) is 2.11. The van der Waals surface area contributed by atoms with Crippen molar-refractivity contribution in [2.75, 3.05) is 7.11 Å². The summed E-state index contributed by atoms with van der Waals surface area (Å²) in [5.74, 6) is 0.851. The van der Waals surface area contributed by atoms with Gasteiger partial charge in [-0.05, 0) is 17.7 Å². The summed E-state index contributed by atoms with van der Waals surface area (Å²) in [6, 6.07) is 5.28. The molecule has 1 N–H and O–H groups in total. The van der Waals surface area contributed by atoms with Gasteiger partial charge < -0.3 is 9.29 Å². The molecule has 1 atom stereocenters. The van der Waals surface area contributed by atoms with E-state index in [1.54, 1.807) is 25.3 Å². The second-order valence-electron chi connectivity index (χ2n) is 2.42. The van der Waals surface area contributed by atoms with Crippen LogP contribution in [0.2, 0.25) is 0 Å². The van der Waals surface area contributed by atoms with Gasteiger partial charge in [0.2, 0.25) is 0 Å². The van der Waals surface area contributed by atoms with Crippen molar-refractivity contribution < 1.29 is 13.5 Å². The Balaban J connectivity index is 2.91. The minimum atomic E-state index is -1.81. The first kappa shape index (κ1) is 10.7. The third-order valence-electron chi connectivity index (χ3n) is 1.54. The molecule has 0 amide bonds. The normalized spacial score (nSPS) is 12.5. The molecular formula is C8H9BrO3S. The van der Waals surface area contributed by atoms with E-state index in [-0.39, 0.29) is 5.75 Å². The van der Waals surface area contributed by atoms with Crippen LogP contribution in [0.5, 0.6) is 5.75 Å². The molecule has 1 aromatic rings. The minimum Gasteiger partial charge on any atom is -0.497 e. The van der Waals surface area contributed by atoms with Crippen molar-refractivity contribution in [1.29, 1.82) is 0 Å². The zero-order valence-corrected chi connectivity index (χ0v) is 9.39. The Labute approximate surface area is 87.5 Å². The lowest BCUT2D eigenvalue weighted by atomic mass is 10.2. The molecule has 1 rings (SSSR count). The lowest BCUT2D eigenvalue weighted by Crippen LogP contribution is -1.94. The highest BCUT2D eigenvalue weighted by atomic mass is 79.9. The third kappa shape index (κ3) is 3.10. The van der Waals surface area contributed by atoms with Gasteiger partial charge in [0.1, 0.15) is 5.75 Å². The van der Waals surface area contributed by atoms with Crippen LogP contribution in [0.4, 0.5) is 0 Å². The summed E-state index contributed by atoms with van der Waals surface area (Å²) in [4.78, 5) is 0. The second kappa shape index (κ2) is 4.74. The Kier molecular flexibility index (Phi) is 3.90. The molecule has 3 nitrogen and oxygen atoms in total. The molecule has 1 aromatic carbocycles. The van der Waals surface area contributed by atoms with E-state index >= 15 is 0 Å². The van der Waals surface area contributed by atoms with Gasteiger partial charge in [-0.1, -0.05) is 22.0 Å². The first-order valence-corrected chi connectivity index (χ1v) is 5.60. The number of methoxy groups -OCH3 is 1. The monoisotopic (exact) mass is 264 g/mol. The van der Waals surface area contributed by atoms with Crippen LogP contribution >= 0.6 is 15.9 Å². The Morgan fingerprint density at radius 1 is 1.62 bits per heavy atom. The highest BCUT2D eigenvalue weighted by molar-refractivity contribution is 9.10. The van der Waals surface area contributed by atoms with Gasteiger partial charge in [-0.25, -0.2) is 4.21 Å². The summed E-state index contributed by atoms with van der Waals surface area (Å²) in [5.41, 5.74) is 0.793. The number of hydrogen-bond donors (Lipinski definition) is 1. The van der Waals surface area contributed by atoms with Gasteiger partial charge in [0, 0.05) is 4.47 Å². The van der Waals surface area contributed by atoms with E-state index in [1.165, 1.54) is 0 Å². The molecule has 0 aliphatic rings. The van der Waals surface area contributed by atoms with Gasteiger partial charge in [-0.15, -0.1) is 0 Å². The number of hydrogen-bond acceptors (Lipinski definition) is 2. The van der Waals surface area contributed by atoms with Crippen molar-refractivity contribution in [2.45, 2.75) is 5.75 Å². The van der Waals surface area contributed by atoms with Crippen molar-refractivity contribution in [3.63, 3.8) is 0 Å². The van der Waals surface area contributed by atoms with Gasteiger partial charge in [-0.2, -0.15) is 0 Å². The van der Waals surface area contributed by atoms with Crippen molar-refractivity contribution in [2.24, 2.45) is 0 Å². The van der Waals surface area contributed by atoms with E-state index in [0.717, 1.165) is 15.8 Å². The first-order chi connectivity index (χ1) is 6.13. The van der Waals surface area contributed by atoms with Gasteiger partial charge in [0.05, 0.1) is 12.9 Å². The molecule has 5 heteroatoms. The maximum atomic E-state index is 10.5. The molecule has 0 fully saturated rings. The summed E-state index contributed by atoms with van der Waals surface area (Å²) in [6.45, 7) is 0. The molecule has 72 valence electrons. The molecule has 0 bridgehead atoms. The molecular weight excluding hydrogens is 256 g/mol. The Morgan fingerprint density at radius 2 is 2.31 bits per heavy atom. The van der Waals surface area contributed by atoms with Gasteiger partial charge >= 0.3 is 0 Å². The van der Waals surface area contributed by atoms with Gasteiger partial charge in [0.15, 0.2) is 11.1 Å². The maximum Gasteiger partial charge on any atom is 0.157 e. The Hall–Kier alpha value is -0.390. The van der Waals surface area contributed by atoms with Crippen LogP contribution in [0.1, 0.15) is 5.56 Å². The van der Waals surface area contributed by atoms with E-state index in [0.29, 0.717) is 0 Å². The third-order valence-corrected chi connectivity index (χ3v) is 2.84. The highest BCUT2D eigenvalue weighted by Gasteiger charge is 2.04. The molecule has 0 saturated carbocycles. The summed E-state index contributed by atoms with van der Waals surface area (Å²) in [5, 5.41) is 0. The summed E-state index contributed by atoms with van der Waals surface area (Å²) < 4.78 is 25.0. The largest absolute Gasteiger partial charge is 0.497 e. The fraction of sp³-hybridized carbons (Fsp3) is 0.250. The average Bonchev–Trinajstić information content (AvgIpc) is 2.08. The van der Waals surface area contributed by atoms with Crippen LogP contribution in [0.15, 0.2) is 22.7 Å². The van der Waals surface area contributed by atoms with Crippen molar-refractivity contribution in [3.8, 4) is 5.75 Å². The van der Waals surface area contributed by atoms with Crippen LogP contribution in [-0.2, 0) is 16.8 Å². The predicted octanol–water partition coefficient (Wildman–Crippen LogP) is 2.18. The Bertz CT molecular complexity index is 327. The number of benzene rings is 1. The van der Waals surface area contributed by atoms with Gasteiger partial charge in [-0.3, -0.25) is 0 Å². The lowest BCUT2D eigenvalue weighted by molar-refractivity contribution is 0.414. The first-order valence-electron chi connectivity index (χ1n) is 3.53. The average molecular weight is 265 g/mol. The molecule has 0 aliphatic carbocycles. The zero-order chi connectivity index (χ0) is 9.84. The molecule has 13 heavy (non-hydrogen) atoms. The van der Waals surface area contributed by atoms with E-state index < -0.39 is 11.1 Å². The predicted molar refractivity (Wildman–Crippen MR) is 55.2 cm³/mol. The molecule has 0 spiro atoms. The number of rotatable bonds is 3. The molecule has 0 radical (unpaired) electrons. The van der Waals surface area contributed by atoms with Crippen molar-refractivity contribution in [3.05, 3.63) is 28.2 Å². The van der Waals surface area contributed by atoms with Crippen molar-refractivity contribution in [1.82, 2.24) is 0 Å². The fourth-order valence-electron chi connectivity index (χ4n) is 0.905. The summed E-state index contributed by atoms with van der Waals surface area (Å²) >= 11 is 1.48. The van der Waals surface area contributed by atoms with Crippen LogP contribution in [-0.4, -0.2) is 15.9 Å². The van der Waals surface area contributed by atoms with Crippen LogP contribution in [0.3, 0.4) is 0 Å². The van der Waals surface area contributed by atoms with E-state index in [9.17, 15) is 4.21 Å². The summed E-state index contributed by atoms with van der Waals surface area (Å²) in [6.07, 6.45) is 0. The van der Waals surface area contributed by atoms with Gasteiger partial charge in [0.25, 0.3) is 0 Å². The van der Waals surface area contributed by atoms with Crippen LogP contribution < -0.4 is 4.74 Å². The number of halogens is 1. The molecule has 0 aromatic heterocycles. The second-order valence-corrected chi connectivity index (χ2v) is 4.21. The van der Waals surface area contributed by atoms with E-state index in [4.69, 9.17) is 9.29 Å². The van der Waals surface area contributed by atoms with E-state index in [1.807, 2.05) is 0 Å². The van der Waals surface area contributed by atoms with E-state index in [2.05, 4.69) is 15.9 Å². The molecule has 1 unspecified atom stereocenters. The number of ether oxygens (including phenoxy) is 1. The molecule has 0 saturated heterocycles.